The van der Waals surface area contributed by atoms with Crippen LogP contribution in [0.15, 0.2) is 24.4 Å². The second kappa shape index (κ2) is 6.35. The van der Waals surface area contributed by atoms with Crippen LogP contribution in [0.4, 0.5) is 0 Å². The van der Waals surface area contributed by atoms with E-state index in [2.05, 4.69) is 10.3 Å². The number of nitrogens with zero attached hydrogens (tertiary/aromatic N) is 1. The Morgan fingerprint density at radius 3 is 2.71 bits per heavy atom. The van der Waals surface area contributed by atoms with Gasteiger partial charge in [-0.05, 0) is 25.0 Å². The number of pyridine rings is 1. The third-order valence-electron chi connectivity index (χ3n) is 3.05. The molecule has 1 rings (SSSR count). The number of hydrogen-bond acceptors (Lipinski definition) is 3. The van der Waals surface area contributed by atoms with Gasteiger partial charge in [0.15, 0.2) is 0 Å². The molecule has 0 aromatic carbocycles. The van der Waals surface area contributed by atoms with Crippen molar-refractivity contribution in [2.45, 2.75) is 39.3 Å². The number of hydrogen-bond donors (Lipinski definition) is 2. The van der Waals surface area contributed by atoms with Crippen molar-refractivity contribution < 1.29 is 4.79 Å². The van der Waals surface area contributed by atoms with Crippen molar-refractivity contribution in [2.75, 3.05) is 0 Å². The maximum absolute atomic E-state index is 11.9. The van der Waals surface area contributed by atoms with Crippen LogP contribution in [-0.4, -0.2) is 16.9 Å². The van der Waals surface area contributed by atoms with Crippen LogP contribution >= 0.6 is 0 Å². The third-order valence-corrected chi connectivity index (χ3v) is 3.05. The normalized spacial score (nSPS) is 16.0. The molecule has 0 bridgehead atoms. The van der Waals surface area contributed by atoms with Crippen LogP contribution in [0.1, 0.15) is 38.9 Å². The molecule has 4 nitrogen and oxygen atoms in total. The minimum atomic E-state index is -0.453. The lowest BCUT2D eigenvalue weighted by molar-refractivity contribution is -0.124. The number of rotatable bonds is 5. The Bertz CT molecular complexity index is 353. The summed E-state index contributed by atoms with van der Waals surface area (Å²) in [6.07, 6.45) is 2.61. The predicted octanol–water partition coefficient (Wildman–Crippen LogP) is 1.63. The Morgan fingerprint density at radius 2 is 2.18 bits per heavy atom. The maximum atomic E-state index is 11.9. The Kier molecular flexibility index (Phi) is 5.10. The first-order valence-corrected chi connectivity index (χ1v) is 6.03. The fourth-order valence-electron chi connectivity index (χ4n) is 1.53. The Balaban J connectivity index is 2.57. The van der Waals surface area contributed by atoms with Crippen molar-refractivity contribution >= 4 is 5.91 Å². The minimum Gasteiger partial charge on any atom is -0.347 e. The number of nitrogens with one attached hydrogen (secondary N) is 1. The summed E-state index contributed by atoms with van der Waals surface area (Å²) in [5.74, 6) is 0.0726. The summed E-state index contributed by atoms with van der Waals surface area (Å²) < 4.78 is 0. The number of nitrogens with two attached hydrogens (primary N) is 1. The maximum Gasteiger partial charge on any atom is 0.237 e. The molecule has 0 aliphatic heterocycles. The van der Waals surface area contributed by atoms with E-state index in [4.69, 9.17) is 5.73 Å². The molecular formula is C13H21N3O. The second-order valence-electron chi connectivity index (χ2n) is 4.40. The average molecular weight is 235 g/mol. The average Bonchev–Trinajstić information content (AvgIpc) is 2.37. The van der Waals surface area contributed by atoms with Gasteiger partial charge < -0.3 is 11.1 Å². The molecule has 94 valence electrons. The van der Waals surface area contributed by atoms with E-state index < -0.39 is 6.04 Å². The van der Waals surface area contributed by atoms with E-state index in [9.17, 15) is 4.79 Å². The van der Waals surface area contributed by atoms with Crippen molar-refractivity contribution in [1.82, 2.24) is 10.3 Å². The van der Waals surface area contributed by atoms with Crippen molar-refractivity contribution in [1.29, 1.82) is 0 Å². The van der Waals surface area contributed by atoms with Crippen molar-refractivity contribution in [3.63, 3.8) is 0 Å². The van der Waals surface area contributed by atoms with Gasteiger partial charge in [0.25, 0.3) is 0 Å². The molecule has 0 fully saturated rings. The summed E-state index contributed by atoms with van der Waals surface area (Å²) in [5.41, 5.74) is 6.71. The van der Waals surface area contributed by atoms with Crippen LogP contribution in [0.25, 0.3) is 0 Å². The van der Waals surface area contributed by atoms with Crippen molar-refractivity contribution in [3.8, 4) is 0 Å². The number of aromatic nitrogens is 1. The SMILES string of the molecule is CCC(C)C(N)C(=O)NC(C)c1ccccn1. The zero-order valence-electron chi connectivity index (χ0n) is 10.7. The van der Waals surface area contributed by atoms with Gasteiger partial charge in [0, 0.05) is 6.20 Å². The molecule has 0 radical (unpaired) electrons. The summed E-state index contributed by atoms with van der Waals surface area (Å²) in [6.45, 7) is 5.92. The highest BCUT2D eigenvalue weighted by atomic mass is 16.2. The molecule has 1 amide bonds. The third kappa shape index (κ3) is 3.82. The van der Waals surface area contributed by atoms with Gasteiger partial charge in [0.2, 0.25) is 5.91 Å². The largest absolute Gasteiger partial charge is 0.347 e. The first kappa shape index (κ1) is 13.6. The summed E-state index contributed by atoms with van der Waals surface area (Å²) in [5, 5.41) is 2.88. The minimum absolute atomic E-state index is 0.112. The van der Waals surface area contributed by atoms with Gasteiger partial charge in [-0.3, -0.25) is 9.78 Å². The Labute approximate surface area is 103 Å². The first-order chi connectivity index (χ1) is 8.06. The summed E-state index contributed by atoms with van der Waals surface area (Å²) in [6, 6.07) is 5.08. The molecule has 0 saturated carbocycles. The molecule has 0 spiro atoms. The van der Waals surface area contributed by atoms with E-state index in [-0.39, 0.29) is 17.9 Å². The molecular weight excluding hydrogens is 214 g/mol. The van der Waals surface area contributed by atoms with Crippen LogP contribution in [0, 0.1) is 5.92 Å². The summed E-state index contributed by atoms with van der Waals surface area (Å²) in [7, 11) is 0. The monoisotopic (exact) mass is 235 g/mol. The smallest absolute Gasteiger partial charge is 0.237 e. The molecule has 1 aromatic heterocycles. The highest BCUT2D eigenvalue weighted by Gasteiger charge is 2.21. The van der Waals surface area contributed by atoms with E-state index >= 15 is 0 Å². The molecule has 1 aromatic rings. The molecule has 3 atom stereocenters. The lowest BCUT2D eigenvalue weighted by Crippen LogP contribution is -2.45. The molecule has 0 aliphatic carbocycles. The zero-order chi connectivity index (χ0) is 12.8. The molecule has 0 saturated heterocycles. The standard InChI is InChI=1S/C13H21N3O/c1-4-9(2)12(14)13(17)16-10(3)11-7-5-6-8-15-11/h5-10,12H,4,14H2,1-3H3,(H,16,17). The van der Waals surface area contributed by atoms with Crippen LogP contribution in [0.3, 0.4) is 0 Å². The molecule has 3 unspecified atom stereocenters. The quantitative estimate of drug-likeness (QED) is 0.815. The predicted molar refractivity (Wildman–Crippen MR) is 68.2 cm³/mol. The highest BCUT2D eigenvalue weighted by molar-refractivity contribution is 5.82. The van der Waals surface area contributed by atoms with Crippen molar-refractivity contribution in [3.05, 3.63) is 30.1 Å². The van der Waals surface area contributed by atoms with Crippen LogP contribution < -0.4 is 11.1 Å². The topological polar surface area (TPSA) is 68.0 Å². The molecule has 0 aliphatic rings. The molecule has 17 heavy (non-hydrogen) atoms. The van der Waals surface area contributed by atoms with Gasteiger partial charge in [0.05, 0.1) is 17.8 Å². The van der Waals surface area contributed by atoms with Crippen molar-refractivity contribution in [2.24, 2.45) is 11.7 Å². The van der Waals surface area contributed by atoms with Gasteiger partial charge in [-0.15, -0.1) is 0 Å². The zero-order valence-corrected chi connectivity index (χ0v) is 10.7. The van der Waals surface area contributed by atoms with Gasteiger partial charge in [-0.2, -0.15) is 0 Å². The van der Waals surface area contributed by atoms with E-state index in [0.29, 0.717) is 0 Å². The number of carbonyl (C=O) groups excluding carboxylic acids is 1. The van der Waals surface area contributed by atoms with E-state index in [0.717, 1.165) is 12.1 Å². The Morgan fingerprint density at radius 1 is 1.47 bits per heavy atom. The van der Waals surface area contributed by atoms with Gasteiger partial charge in [0.1, 0.15) is 0 Å². The molecule has 1 heterocycles. The van der Waals surface area contributed by atoms with Crippen LogP contribution in [0.5, 0.6) is 0 Å². The van der Waals surface area contributed by atoms with Gasteiger partial charge in [-0.25, -0.2) is 0 Å². The lowest BCUT2D eigenvalue weighted by Gasteiger charge is -2.20. The molecule has 4 heteroatoms. The number of amides is 1. The summed E-state index contributed by atoms with van der Waals surface area (Å²) >= 11 is 0. The first-order valence-electron chi connectivity index (χ1n) is 6.03. The van der Waals surface area contributed by atoms with E-state index in [1.807, 2.05) is 39.0 Å². The number of carbonyl (C=O) groups is 1. The van der Waals surface area contributed by atoms with E-state index in [1.54, 1.807) is 6.20 Å². The van der Waals surface area contributed by atoms with Gasteiger partial charge in [-0.1, -0.05) is 26.3 Å². The highest BCUT2D eigenvalue weighted by Crippen LogP contribution is 2.10. The van der Waals surface area contributed by atoms with Crippen LogP contribution in [-0.2, 0) is 4.79 Å². The lowest BCUT2D eigenvalue weighted by atomic mass is 9.99. The summed E-state index contributed by atoms with van der Waals surface area (Å²) in [4.78, 5) is 16.1. The Hall–Kier alpha value is -1.42. The van der Waals surface area contributed by atoms with E-state index in [1.165, 1.54) is 0 Å². The second-order valence-corrected chi connectivity index (χ2v) is 4.40. The molecule has 3 N–H and O–H groups in total. The van der Waals surface area contributed by atoms with Crippen LogP contribution in [0.2, 0.25) is 0 Å². The fraction of sp³-hybridized carbons (Fsp3) is 0.538. The fourth-order valence-corrected chi connectivity index (χ4v) is 1.53. The van der Waals surface area contributed by atoms with Gasteiger partial charge >= 0.3 is 0 Å².